The van der Waals surface area contributed by atoms with E-state index in [1.807, 2.05) is 24.3 Å². The van der Waals surface area contributed by atoms with Gasteiger partial charge in [-0.3, -0.25) is 4.79 Å². The minimum Gasteiger partial charge on any atom is -0.298 e. The largest absolute Gasteiger partial charge is 0.298 e. The summed E-state index contributed by atoms with van der Waals surface area (Å²) in [5.74, 6) is -0.541. The zero-order chi connectivity index (χ0) is 12.6. The summed E-state index contributed by atoms with van der Waals surface area (Å²) in [6.45, 7) is 4.15. The van der Waals surface area contributed by atoms with Crippen LogP contribution in [0, 0.1) is 22.7 Å². The smallest absolute Gasteiger partial charge is 0.158 e. The van der Waals surface area contributed by atoms with E-state index in [0.29, 0.717) is 0 Å². The topological polar surface area (TPSA) is 40.9 Å². The van der Waals surface area contributed by atoms with Crippen LogP contribution < -0.4 is 0 Å². The Balaban J connectivity index is 2.27. The minimum atomic E-state index is -0.641. The van der Waals surface area contributed by atoms with E-state index in [0.717, 1.165) is 16.5 Å². The highest BCUT2D eigenvalue weighted by Gasteiger charge is 2.52. The lowest BCUT2D eigenvalue weighted by Gasteiger charge is -2.11. The maximum atomic E-state index is 12.3. The van der Waals surface area contributed by atoms with Crippen LogP contribution in [0.4, 0.5) is 0 Å². The SMILES string of the molecule is CC1(C)CC1C(=O)C(C#N)c1ccccc1Br. The number of carbonyl (C=O) groups excluding carboxylic acids is 1. The number of ketones is 1. The van der Waals surface area contributed by atoms with Crippen LogP contribution in [0.3, 0.4) is 0 Å². The fourth-order valence-electron chi connectivity index (χ4n) is 2.15. The average molecular weight is 292 g/mol. The van der Waals surface area contributed by atoms with Gasteiger partial charge >= 0.3 is 0 Å². The molecular formula is C14H14BrNO. The molecule has 2 atom stereocenters. The molecule has 0 saturated heterocycles. The molecule has 1 aromatic carbocycles. The van der Waals surface area contributed by atoms with E-state index in [4.69, 9.17) is 0 Å². The molecule has 1 aliphatic carbocycles. The Labute approximate surface area is 110 Å². The molecule has 0 bridgehead atoms. The molecule has 1 aromatic rings. The van der Waals surface area contributed by atoms with Crippen LogP contribution in [0.1, 0.15) is 31.7 Å². The summed E-state index contributed by atoms with van der Waals surface area (Å²) in [6.07, 6.45) is 0.897. The van der Waals surface area contributed by atoms with Gasteiger partial charge in [0.2, 0.25) is 0 Å². The molecule has 0 amide bonds. The summed E-state index contributed by atoms with van der Waals surface area (Å²) in [7, 11) is 0. The molecule has 1 fully saturated rings. The van der Waals surface area contributed by atoms with Crippen molar-refractivity contribution in [1.82, 2.24) is 0 Å². The van der Waals surface area contributed by atoms with Gasteiger partial charge in [0.15, 0.2) is 5.78 Å². The van der Waals surface area contributed by atoms with Crippen molar-refractivity contribution in [3.8, 4) is 6.07 Å². The number of hydrogen-bond donors (Lipinski definition) is 0. The first-order chi connectivity index (χ1) is 7.97. The van der Waals surface area contributed by atoms with E-state index in [2.05, 4.69) is 35.8 Å². The number of nitrogens with zero attached hydrogens (tertiary/aromatic N) is 1. The van der Waals surface area contributed by atoms with Crippen molar-refractivity contribution in [2.24, 2.45) is 11.3 Å². The Morgan fingerprint density at radius 1 is 1.53 bits per heavy atom. The van der Waals surface area contributed by atoms with Gasteiger partial charge in [0.05, 0.1) is 6.07 Å². The predicted octanol–water partition coefficient (Wildman–Crippen LogP) is 3.67. The number of halogens is 1. The number of hydrogen-bond acceptors (Lipinski definition) is 2. The van der Waals surface area contributed by atoms with Crippen molar-refractivity contribution in [3.05, 3.63) is 34.3 Å². The van der Waals surface area contributed by atoms with Gasteiger partial charge in [-0.25, -0.2) is 0 Å². The molecule has 2 unspecified atom stereocenters. The molecule has 1 aliphatic rings. The predicted molar refractivity (Wildman–Crippen MR) is 69.4 cm³/mol. The van der Waals surface area contributed by atoms with Crippen LogP contribution in [0.15, 0.2) is 28.7 Å². The third-order valence-corrected chi connectivity index (χ3v) is 4.21. The fraction of sp³-hybridized carbons (Fsp3) is 0.429. The molecule has 0 heterocycles. The van der Waals surface area contributed by atoms with Gasteiger partial charge in [-0.1, -0.05) is 48.0 Å². The number of nitriles is 1. The summed E-state index contributed by atoms with van der Waals surface area (Å²) in [6, 6.07) is 9.58. The van der Waals surface area contributed by atoms with Gasteiger partial charge in [0, 0.05) is 10.4 Å². The Morgan fingerprint density at radius 2 is 2.12 bits per heavy atom. The van der Waals surface area contributed by atoms with Crippen molar-refractivity contribution < 1.29 is 4.79 Å². The fourth-order valence-corrected chi connectivity index (χ4v) is 2.66. The first kappa shape index (κ1) is 12.3. The van der Waals surface area contributed by atoms with Gasteiger partial charge in [-0.05, 0) is 23.5 Å². The van der Waals surface area contributed by atoms with E-state index in [1.54, 1.807) is 0 Å². The van der Waals surface area contributed by atoms with Crippen molar-refractivity contribution >= 4 is 21.7 Å². The number of carbonyl (C=O) groups is 1. The Hall–Kier alpha value is -1.14. The number of Topliss-reactive ketones (excluding diaryl/α,β-unsaturated/α-hetero) is 1. The van der Waals surface area contributed by atoms with Crippen molar-refractivity contribution in [3.63, 3.8) is 0 Å². The quantitative estimate of drug-likeness (QED) is 0.852. The normalized spacial score (nSPS) is 22.6. The lowest BCUT2D eigenvalue weighted by atomic mass is 9.91. The zero-order valence-corrected chi connectivity index (χ0v) is 11.5. The Kier molecular flexibility index (Phi) is 3.09. The summed E-state index contributed by atoms with van der Waals surface area (Å²) >= 11 is 3.40. The Morgan fingerprint density at radius 3 is 2.59 bits per heavy atom. The van der Waals surface area contributed by atoms with Crippen molar-refractivity contribution in [2.75, 3.05) is 0 Å². The molecular weight excluding hydrogens is 278 g/mol. The highest BCUT2D eigenvalue weighted by Crippen LogP contribution is 2.54. The van der Waals surface area contributed by atoms with Crippen molar-refractivity contribution in [2.45, 2.75) is 26.2 Å². The standard InChI is InChI=1S/C14H14BrNO/c1-14(2)7-11(14)13(17)10(8-16)9-5-3-4-6-12(9)15/h3-6,10-11H,7H2,1-2H3. The molecule has 88 valence electrons. The third-order valence-electron chi connectivity index (χ3n) is 3.49. The summed E-state index contributed by atoms with van der Waals surface area (Å²) in [4.78, 5) is 12.3. The first-order valence-electron chi connectivity index (χ1n) is 5.65. The van der Waals surface area contributed by atoms with Gasteiger partial charge in [0.1, 0.15) is 5.92 Å². The third kappa shape index (κ3) is 2.28. The summed E-state index contributed by atoms with van der Waals surface area (Å²) in [5, 5.41) is 9.23. The van der Waals surface area contributed by atoms with Gasteiger partial charge < -0.3 is 0 Å². The molecule has 1 saturated carbocycles. The van der Waals surface area contributed by atoms with E-state index in [-0.39, 0.29) is 17.1 Å². The van der Waals surface area contributed by atoms with Crippen molar-refractivity contribution in [1.29, 1.82) is 5.26 Å². The molecule has 2 rings (SSSR count). The van der Waals surface area contributed by atoms with E-state index >= 15 is 0 Å². The molecule has 17 heavy (non-hydrogen) atoms. The van der Waals surface area contributed by atoms with Gasteiger partial charge in [0.25, 0.3) is 0 Å². The molecule has 3 heteroatoms. The van der Waals surface area contributed by atoms with Crippen LogP contribution >= 0.6 is 15.9 Å². The zero-order valence-electron chi connectivity index (χ0n) is 9.90. The lowest BCUT2D eigenvalue weighted by Crippen LogP contribution is -2.16. The molecule has 2 nitrogen and oxygen atoms in total. The van der Waals surface area contributed by atoms with Gasteiger partial charge in [-0.2, -0.15) is 5.26 Å². The van der Waals surface area contributed by atoms with Crippen LogP contribution in [-0.2, 0) is 4.79 Å². The molecule has 0 aromatic heterocycles. The second-order valence-electron chi connectivity index (χ2n) is 5.23. The molecule has 0 radical (unpaired) electrons. The molecule has 0 spiro atoms. The summed E-state index contributed by atoms with van der Waals surface area (Å²) < 4.78 is 0.832. The minimum absolute atomic E-state index is 0.0410. The highest BCUT2D eigenvalue weighted by atomic mass is 79.9. The summed E-state index contributed by atoms with van der Waals surface area (Å²) in [5.41, 5.74) is 0.857. The molecule has 0 aliphatic heterocycles. The van der Waals surface area contributed by atoms with Crippen LogP contribution in [0.5, 0.6) is 0 Å². The van der Waals surface area contributed by atoms with Gasteiger partial charge in [-0.15, -0.1) is 0 Å². The monoisotopic (exact) mass is 291 g/mol. The highest BCUT2D eigenvalue weighted by molar-refractivity contribution is 9.10. The first-order valence-corrected chi connectivity index (χ1v) is 6.44. The van der Waals surface area contributed by atoms with E-state index < -0.39 is 5.92 Å². The van der Waals surface area contributed by atoms with E-state index in [9.17, 15) is 10.1 Å². The second-order valence-corrected chi connectivity index (χ2v) is 6.09. The maximum Gasteiger partial charge on any atom is 0.158 e. The average Bonchev–Trinajstić information content (AvgIpc) is 2.91. The lowest BCUT2D eigenvalue weighted by molar-refractivity contribution is -0.121. The van der Waals surface area contributed by atoms with E-state index in [1.165, 1.54) is 0 Å². The Bertz CT molecular complexity index is 501. The van der Waals surface area contributed by atoms with Crippen LogP contribution in [-0.4, -0.2) is 5.78 Å². The van der Waals surface area contributed by atoms with Crippen LogP contribution in [0.2, 0.25) is 0 Å². The maximum absolute atomic E-state index is 12.3. The number of benzene rings is 1. The second kappa shape index (κ2) is 4.27. The van der Waals surface area contributed by atoms with Crippen LogP contribution in [0.25, 0.3) is 0 Å². The number of rotatable bonds is 3. The molecule has 0 N–H and O–H groups in total.